The van der Waals surface area contributed by atoms with Crippen molar-refractivity contribution in [3.63, 3.8) is 0 Å². The molecular formula is C11H14N2O3. The standard InChI is InChI=1S/C11H14N2O3/c1-12-11(15)8-5-3-4-6-9(8)13-10(14)7-16-2/h3-6H,7H2,1-2H3,(H,12,15)(H,13,14). The maximum atomic E-state index is 11.5. The number of carbonyl (C=O) groups excluding carboxylic acids is 2. The molecule has 1 rings (SSSR count). The SMILES string of the molecule is CNC(=O)c1ccccc1NC(=O)COC. The Labute approximate surface area is 93.8 Å². The molecule has 0 spiro atoms. The van der Waals surface area contributed by atoms with E-state index in [1.165, 1.54) is 14.2 Å². The van der Waals surface area contributed by atoms with E-state index in [9.17, 15) is 9.59 Å². The van der Waals surface area contributed by atoms with Crippen molar-refractivity contribution < 1.29 is 14.3 Å². The number of nitrogens with one attached hydrogen (secondary N) is 2. The second kappa shape index (κ2) is 5.87. The summed E-state index contributed by atoms with van der Waals surface area (Å²) < 4.78 is 4.69. The normalized spacial score (nSPS) is 9.62. The van der Waals surface area contributed by atoms with Gasteiger partial charge in [-0.1, -0.05) is 12.1 Å². The Bertz CT molecular complexity index is 391. The molecule has 0 saturated carbocycles. The number of amides is 2. The number of para-hydroxylation sites is 1. The van der Waals surface area contributed by atoms with Gasteiger partial charge in [0.25, 0.3) is 5.91 Å². The number of benzene rings is 1. The van der Waals surface area contributed by atoms with Crippen molar-refractivity contribution in [3.05, 3.63) is 29.8 Å². The third-order valence-electron chi connectivity index (χ3n) is 1.95. The van der Waals surface area contributed by atoms with Gasteiger partial charge in [0.15, 0.2) is 0 Å². The van der Waals surface area contributed by atoms with Crippen LogP contribution in [0.4, 0.5) is 5.69 Å². The van der Waals surface area contributed by atoms with Crippen molar-refractivity contribution in [2.24, 2.45) is 0 Å². The van der Waals surface area contributed by atoms with E-state index in [-0.39, 0.29) is 18.4 Å². The smallest absolute Gasteiger partial charge is 0.253 e. The number of hydrogen-bond acceptors (Lipinski definition) is 3. The van der Waals surface area contributed by atoms with Gasteiger partial charge in [-0.05, 0) is 12.1 Å². The summed E-state index contributed by atoms with van der Waals surface area (Å²) >= 11 is 0. The minimum atomic E-state index is -0.293. The fraction of sp³-hybridized carbons (Fsp3) is 0.273. The van der Waals surface area contributed by atoms with Crippen molar-refractivity contribution >= 4 is 17.5 Å². The summed E-state index contributed by atoms with van der Waals surface area (Å²) in [4.78, 5) is 22.8. The van der Waals surface area contributed by atoms with Crippen LogP contribution in [0.1, 0.15) is 10.4 Å². The van der Waals surface area contributed by atoms with Crippen molar-refractivity contribution in [1.29, 1.82) is 0 Å². The molecule has 16 heavy (non-hydrogen) atoms. The molecule has 0 bridgehead atoms. The zero-order valence-corrected chi connectivity index (χ0v) is 9.24. The molecule has 1 aromatic rings. The summed E-state index contributed by atoms with van der Waals surface area (Å²) in [5.41, 5.74) is 0.901. The van der Waals surface area contributed by atoms with E-state index in [0.29, 0.717) is 11.3 Å². The Hall–Kier alpha value is -1.88. The summed E-state index contributed by atoms with van der Waals surface area (Å²) in [5, 5.41) is 5.11. The average Bonchev–Trinajstić information content (AvgIpc) is 2.29. The fourth-order valence-electron chi connectivity index (χ4n) is 1.24. The first-order valence-electron chi connectivity index (χ1n) is 4.79. The minimum Gasteiger partial charge on any atom is -0.375 e. The van der Waals surface area contributed by atoms with Gasteiger partial charge in [0.05, 0.1) is 11.3 Å². The van der Waals surface area contributed by atoms with Crippen LogP contribution in [0.3, 0.4) is 0 Å². The summed E-state index contributed by atoms with van der Waals surface area (Å²) in [6, 6.07) is 6.78. The van der Waals surface area contributed by atoms with Crippen LogP contribution in [0, 0.1) is 0 Å². The fourth-order valence-corrected chi connectivity index (χ4v) is 1.24. The summed E-state index contributed by atoms with van der Waals surface area (Å²) in [6.07, 6.45) is 0. The average molecular weight is 222 g/mol. The first-order valence-corrected chi connectivity index (χ1v) is 4.79. The van der Waals surface area contributed by atoms with Crippen LogP contribution in [0.25, 0.3) is 0 Å². The van der Waals surface area contributed by atoms with Gasteiger partial charge in [0, 0.05) is 14.2 Å². The van der Waals surface area contributed by atoms with E-state index in [1.807, 2.05) is 0 Å². The maximum absolute atomic E-state index is 11.5. The Kier molecular flexibility index (Phi) is 4.47. The van der Waals surface area contributed by atoms with E-state index in [1.54, 1.807) is 24.3 Å². The molecule has 0 aliphatic rings. The van der Waals surface area contributed by atoms with Gasteiger partial charge >= 0.3 is 0 Å². The Morgan fingerprint density at radius 3 is 2.62 bits per heavy atom. The molecule has 2 N–H and O–H groups in total. The highest BCUT2D eigenvalue weighted by Gasteiger charge is 2.10. The van der Waals surface area contributed by atoms with Gasteiger partial charge in [0.1, 0.15) is 6.61 Å². The highest BCUT2D eigenvalue weighted by molar-refractivity contribution is 6.03. The largest absolute Gasteiger partial charge is 0.375 e. The Balaban J connectivity index is 2.87. The van der Waals surface area contributed by atoms with Crippen LogP contribution >= 0.6 is 0 Å². The second-order valence-electron chi connectivity index (χ2n) is 3.11. The van der Waals surface area contributed by atoms with Crippen LogP contribution < -0.4 is 10.6 Å². The van der Waals surface area contributed by atoms with Gasteiger partial charge < -0.3 is 15.4 Å². The molecule has 0 aliphatic heterocycles. The quantitative estimate of drug-likeness (QED) is 0.785. The molecule has 0 radical (unpaired) electrons. The van der Waals surface area contributed by atoms with Gasteiger partial charge in [-0.2, -0.15) is 0 Å². The molecule has 86 valence electrons. The summed E-state index contributed by atoms with van der Waals surface area (Å²) in [6.45, 7) is -0.0396. The van der Waals surface area contributed by atoms with Crippen molar-refractivity contribution in [3.8, 4) is 0 Å². The molecule has 0 aliphatic carbocycles. The zero-order chi connectivity index (χ0) is 12.0. The third kappa shape index (κ3) is 3.06. The number of rotatable bonds is 4. The predicted octanol–water partition coefficient (Wildman–Crippen LogP) is 0.631. The van der Waals surface area contributed by atoms with Gasteiger partial charge in [0.2, 0.25) is 5.91 Å². The lowest BCUT2D eigenvalue weighted by molar-refractivity contribution is -0.119. The van der Waals surface area contributed by atoms with Crippen molar-refractivity contribution in [1.82, 2.24) is 5.32 Å². The second-order valence-corrected chi connectivity index (χ2v) is 3.11. The highest BCUT2D eigenvalue weighted by Crippen LogP contribution is 2.14. The Morgan fingerprint density at radius 2 is 2.00 bits per heavy atom. The van der Waals surface area contributed by atoms with Crippen molar-refractivity contribution in [2.75, 3.05) is 26.1 Å². The number of anilines is 1. The van der Waals surface area contributed by atoms with E-state index in [0.717, 1.165) is 0 Å². The van der Waals surface area contributed by atoms with Crippen LogP contribution in [-0.2, 0) is 9.53 Å². The molecule has 0 aromatic heterocycles. The Morgan fingerprint density at radius 1 is 1.31 bits per heavy atom. The first kappa shape index (κ1) is 12.2. The molecule has 0 fully saturated rings. The number of methoxy groups -OCH3 is 1. The molecule has 0 saturated heterocycles. The molecule has 1 aromatic carbocycles. The van der Waals surface area contributed by atoms with Crippen LogP contribution in [-0.4, -0.2) is 32.6 Å². The van der Waals surface area contributed by atoms with E-state index >= 15 is 0 Å². The van der Waals surface area contributed by atoms with E-state index in [2.05, 4.69) is 15.4 Å². The monoisotopic (exact) mass is 222 g/mol. The van der Waals surface area contributed by atoms with Gasteiger partial charge in [-0.15, -0.1) is 0 Å². The first-order chi connectivity index (χ1) is 7.69. The third-order valence-corrected chi connectivity index (χ3v) is 1.95. The lowest BCUT2D eigenvalue weighted by atomic mass is 10.1. The topological polar surface area (TPSA) is 67.4 Å². The number of hydrogen-bond donors (Lipinski definition) is 2. The molecule has 0 heterocycles. The van der Waals surface area contributed by atoms with Crippen LogP contribution in [0.15, 0.2) is 24.3 Å². The summed E-state index contributed by atoms with van der Waals surface area (Å²) in [7, 11) is 2.97. The van der Waals surface area contributed by atoms with Gasteiger partial charge in [-0.25, -0.2) is 0 Å². The number of ether oxygens (including phenoxy) is 1. The molecule has 0 unspecified atom stereocenters. The van der Waals surface area contributed by atoms with Crippen LogP contribution in [0.2, 0.25) is 0 Å². The summed E-state index contributed by atoms with van der Waals surface area (Å²) in [5.74, 6) is -0.535. The molecular weight excluding hydrogens is 208 g/mol. The van der Waals surface area contributed by atoms with Crippen LogP contribution in [0.5, 0.6) is 0 Å². The van der Waals surface area contributed by atoms with E-state index < -0.39 is 0 Å². The van der Waals surface area contributed by atoms with E-state index in [4.69, 9.17) is 0 Å². The predicted molar refractivity (Wildman–Crippen MR) is 60.3 cm³/mol. The van der Waals surface area contributed by atoms with Crippen molar-refractivity contribution in [2.45, 2.75) is 0 Å². The molecule has 2 amide bonds. The maximum Gasteiger partial charge on any atom is 0.253 e. The highest BCUT2D eigenvalue weighted by atomic mass is 16.5. The molecule has 5 heteroatoms. The molecule has 0 atom stereocenters. The lowest BCUT2D eigenvalue weighted by Gasteiger charge is -2.09. The zero-order valence-electron chi connectivity index (χ0n) is 9.24. The number of carbonyl (C=O) groups is 2. The minimum absolute atomic E-state index is 0.0396. The lowest BCUT2D eigenvalue weighted by Crippen LogP contribution is -2.23. The van der Waals surface area contributed by atoms with Gasteiger partial charge in [-0.3, -0.25) is 9.59 Å². The molecule has 5 nitrogen and oxygen atoms in total.